The van der Waals surface area contributed by atoms with E-state index < -0.39 is 0 Å². The number of amidine groups is 1. The largest absolute Gasteiger partial charge is 0.454 e. The summed E-state index contributed by atoms with van der Waals surface area (Å²) >= 11 is 0. The van der Waals surface area contributed by atoms with E-state index in [0.29, 0.717) is 42.9 Å². The van der Waals surface area contributed by atoms with E-state index in [1.54, 1.807) is 17.3 Å². The van der Waals surface area contributed by atoms with Gasteiger partial charge in [0.15, 0.2) is 11.5 Å². The summed E-state index contributed by atoms with van der Waals surface area (Å²) in [6.45, 7) is 1.62. The van der Waals surface area contributed by atoms with Crippen molar-refractivity contribution in [3.05, 3.63) is 149 Å². The summed E-state index contributed by atoms with van der Waals surface area (Å²) in [4.78, 5) is 25.3. The van der Waals surface area contributed by atoms with Gasteiger partial charge >= 0.3 is 0 Å². The molecule has 0 unspecified atom stereocenters. The molecule has 0 radical (unpaired) electrons. The van der Waals surface area contributed by atoms with Gasteiger partial charge in [-0.3, -0.25) is 15.2 Å². The number of hydrogen-bond donors (Lipinski definition) is 3. The van der Waals surface area contributed by atoms with Crippen molar-refractivity contribution in [2.75, 3.05) is 11.7 Å². The Hall–Kier alpha value is -6.00. The Morgan fingerprint density at radius 1 is 0.833 bits per heavy atom. The molecule has 1 amide bonds. The summed E-state index contributed by atoms with van der Waals surface area (Å²) in [6.07, 6.45) is 4.81. The van der Waals surface area contributed by atoms with Crippen LogP contribution in [0.15, 0.2) is 109 Å². The first-order valence-corrected chi connectivity index (χ1v) is 15.8. The number of nitrogens with one attached hydrogen (secondary N) is 1. The van der Waals surface area contributed by atoms with E-state index in [1.807, 2.05) is 97.1 Å². The number of fused-ring (bicyclic) bond motifs is 2. The predicted octanol–water partition coefficient (Wildman–Crippen LogP) is 5.58. The highest BCUT2D eigenvalue weighted by Gasteiger charge is 2.21. The maximum absolute atomic E-state index is 14.2. The maximum Gasteiger partial charge on any atom is 0.258 e. The minimum absolute atomic E-state index is 0.0454. The lowest BCUT2D eigenvalue weighted by molar-refractivity contribution is 0.0985. The Morgan fingerprint density at radius 2 is 1.56 bits per heavy atom. The number of hydrogen-bond acceptors (Lipinski definition) is 7. The average Bonchev–Trinajstić information content (AvgIpc) is 3.74. The minimum atomic E-state index is -0.148. The van der Waals surface area contributed by atoms with Gasteiger partial charge in [-0.15, -0.1) is 0 Å². The SMILES string of the molecule is N=C(N)c1ccc(CCc2nc3cc(C(=O)N(Cc4ccc(CN)cc4)c4cccnc4)ccc3n2Cc2ccc3c(c2)OCO3)cc1. The third-order valence-electron chi connectivity index (χ3n) is 8.56. The topological polar surface area (TPSA) is 145 Å². The van der Waals surface area contributed by atoms with Gasteiger partial charge in [0.25, 0.3) is 5.91 Å². The molecule has 0 spiro atoms. The molecular weight excluding hydrogens is 602 g/mol. The Kier molecular flexibility index (Phi) is 8.55. The van der Waals surface area contributed by atoms with E-state index in [9.17, 15) is 4.79 Å². The summed E-state index contributed by atoms with van der Waals surface area (Å²) in [5.74, 6) is 2.26. The average molecular weight is 638 g/mol. The molecule has 0 bridgehead atoms. The monoisotopic (exact) mass is 637 g/mol. The molecule has 4 aromatic carbocycles. The standard InChI is InChI=1S/C38H35N7O3/c39-20-26-3-5-27(6-4-26)22-44(31-2-1-17-42-21-31)38(46)30-13-14-33-32(19-30)43-36(16-10-25-7-11-29(12-8-25)37(40)41)45(33)23-28-9-15-34-35(18-28)48-24-47-34/h1-9,11-15,17-19,21H,10,16,20,22-24,39H2,(H3,40,41). The fourth-order valence-corrected chi connectivity index (χ4v) is 5.92. The molecule has 240 valence electrons. The first-order chi connectivity index (χ1) is 23.4. The molecule has 10 heteroatoms. The number of imidazole rings is 1. The number of aromatic nitrogens is 3. The second-order valence-electron chi connectivity index (χ2n) is 11.7. The number of aryl methyl sites for hydroxylation is 2. The van der Waals surface area contributed by atoms with E-state index in [2.05, 4.69) is 9.55 Å². The number of rotatable bonds is 11. The van der Waals surface area contributed by atoms with Crippen LogP contribution < -0.4 is 25.8 Å². The summed E-state index contributed by atoms with van der Waals surface area (Å²) in [7, 11) is 0. The molecule has 0 saturated heterocycles. The van der Waals surface area contributed by atoms with E-state index in [0.717, 1.165) is 57.0 Å². The molecule has 48 heavy (non-hydrogen) atoms. The van der Waals surface area contributed by atoms with Crippen LogP contribution in [0, 0.1) is 5.41 Å². The van der Waals surface area contributed by atoms with Crippen molar-refractivity contribution in [2.45, 2.75) is 32.5 Å². The first kappa shape index (κ1) is 30.6. The number of carbonyl (C=O) groups is 1. The molecule has 0 fully saturated rings. The van der Waals surface area contributed by atoms with Crippen molar-refractivity contribution < 1.29 is 14.3 Å². The number of nitrogens with zero attached hydrogens (tertiary/aromatic N) is 4. The van der Waals surface area contributed by atoms with Gasteiger partial charge in [0.1, 0.15) is 11.7 Å². The van der Waals surface area contributed by atoms with Crippen LogP contribution >= 0.6 is 0 Å². The number of ether oxygens (including phenoxy) is 2. The predicted molar refractivity (Wildman–Crippen MR) is 185 cm³/mol. The third kappa shape index (κ3) is 6.47. The highest BCUT2D eigenvalue weighted by Crippen LogP contribution is 2.33. The summed E-state index contributed by atoms with van der Waals surface area (Å²) < 4.78 is 13.4. The second-order valence-corrected chi connectivity index (χ2v) is 11.7. The van der Waals surface area contributed by atoms with Crippen molar-refractivity contribution >= 4 is 28.5 Å². The van der Waals surface area contributed by atoms with Gasteiger partial charge in [-0.05, 0) is 71.1 Å². The van der Waals surface area contributed by atoms with Crippen molar-refractivity contribution in [3.8, 4) is 11.5 Å². The van der Waals surface area contributed by atoms with Gasteiger partial charge in [0.2, 0.25) is 6.79 Å². The van der Waals surface area contributed by atoms with Gasteiger partial charge in [0, 0.05) is 36.8 Å². The Labute approximate surface area is 278 Å². The lowest BCUT2D eigenvalue weighted by Crippen LogP contribution is -2.30. The highest BCUT2D eigenvalue weighted by atomic mass is 16.7. The maximum atomic E-state index is 14.2. The quantitative estimate of drug-likeness (QED) is 0.124. The molecule has 0 saturated carbocycles. The van der Waals surface area contributed by atoms with Crippen molar-refractivity contribution in [1.29, 1.82) is 5.41 Å². The summed E-state index contributed by atoms with van der Waals surface area (Å²) in [6, 6.07) is 31.1. The smallest absolute Gasteiger partial charge is 0.258 e. The molecule has 1 aliphatic rings. The number of anilines is 1. The number of nitrogen functional groups attached to an aromatic ring is 1. The molecular formula is C38H35N7O3. The van der Waals surface area contributed by atoms with Crippen LogP contribution in [0.25, 0.3) is 11.0 Å². The van der Waals surface area contributed by atoms with Crippen LogP contribution in [0.1, 0.15) is 44.0 Å². The molecule has 10 nitrogen and oxygen atoms in total. The first-order valence-electron chi connectivity index (χ1n) is 15.8. The molecule has 0 atom stereocenters. The van der Waals surface area contributed by atoms with Crippen LogP contribution in [0.3, 0.4) is 0 Å². The van der Waals surface area contributed by atoms with Gasteiger partial charge < -0.3 is 30.4 Å². The molecule has 6 aromatic rings. The van der Waals surface area contributed by atoms with E-state index >= 15 is 0 Å². The molecule has 3 heterocycles. The zero-order valence-corrected chi connectivity index (χ0v) is 26.3. The molecule has 5 N–H and O–H groups in total. The number of benzene rings is 4. The number of amides is 1. The molecule has 7 rings (SSSR count). The molecule has 2 aromatic heterocycles. The zero-order chi connectivity index (χ0) is 33.0. The normalized spacial score (nSPS) is 11.9. The van der Waals surface area contributed by atoms with Gasteiger partial charge in [-0.1, -0.05) is 54.6 Å². The number of pyridine rings is 1. The fourth-order valence-electron chi connectivity index (χ4n) is 5.92. The van der Waals surface area contributed by atoms with E-state index in [4.69, 9.17) is 31.3 Å². The van der Waals surface area contributed by atoms with Crippen LogP contribution in [-0.2, 0) is 32.5 Å². The van der Waals surface area contributed by atoms with E-state index in [-0.39, 0.29) is 18.5 Å². The zero-order valence-electron chi connectivity index (χ0n) is 26.3. The number of carbonyl (C=O) groups excluding carboxylic acids is 1. The highest BCUT2D eigenvalue weighted by molar-refractivity contribution is 6.07. The van der Waals surface area contributed by atoms with Crippen LogP contribution in [0.4, 0.5) is 5.69 Å². The lowest BCUT2D eigenvalue weighted by Gasteiger charge is -2.23. The van der Waals surface area contributed by atoms with E-state index in [1.165, 1.54) is 0 Å². The summed E-state index contributed by atoms with van der Waals surface area (Å²) in [5, 5.41) is 7.69. The van der Waals surface area contributed by atoms with Crippen LogP contribution in [-0.4, -0.2) is 33.1 Å². The third-order valence-corrected chi connectivity index (χ3v) is 8.56. The van der Waals surface area contributed by atoms with Crippen molar-refractivity contribution in [3.63, 3.8) is 0 Å². The van der Waals surface area contributed by atoms with Crippen molar-refractivity contribution in [1.82, 2.24) is 14.5 Å². The Morgan fingerprint density at radius 3 is 2.31 bits per heavy atom. The Bertz CT molecular complexity index is 2090. The molecule has 0 aliphatic carbocycles. The lowest BCUT2D eigenvalue weighted by atomic mass is 10.1. The van der Waals surface area contributed by atoms with Crippen molar-refractivity contribution in [2.24, 2.45) is 11.5 Å². The minimum Gasteiger partial charge on any atom is -0.454 e. The molecule has 1 aliphatic heterocycles. The second kappa shape index (κ2) is 13.4. The fraction of sp³-hybridized carbons (Fsp3) is 0.158. The number of nitrogens with two attached hydrogens (primary N) is 2. The van der Waals surface area contributed by atoms with Crippen LogP contribution in [0.2, 0.25) is 0 Å². The van der Waals surface area contributed by atoms with Crippen LogP contribution in [0.5, 0.6) is 11.5 Å². The summed E-state index contributed by atoms with van der Waals surface area (Å²) in [5.41, 5.74) is 19.2. The van der Waals surface area contributed by atoms with Gasteiger partial charge in [0.05, 0.1) is 29.5 Å². The van der Waals surface area contributed by atoms with Gasteiger partial charge in [-0.2, -0.15) is 0 Å². The Balaban J connectivity index is 1.22. The van der Waals surface area contributed by atoms with Gasteiger partial charge in [-0.25, -0.2) is 4.98 Å².